The summed E-state index contributed by atoms with van der Waals surface area (Å²) in [5.41, 5.74) is 9.78. The van der Waals surface area contributed by atoms with Crippen LogP contribution in [0.5, 0.6) is 0 Å². The fourth-order valence-corrected chi connectivity index (χ4v) is 5.30. The van der Waals surface area contributed by atoms with Crippen molar-refractivity contribution in [2.45, 2.75) is 134 Å². The molecule has 1 heterocycles. The Morgan fingerprint density at radius 3 is 2.12 bits per heavy atom. The highest BCUT2D eigenvalue weighted by Gasteiger charge is 2.49. The molecule has 0 N–H and O–H groups in total. The van der Waals surface area contributed by atoms with Crippen LogP contribution in [-0.4, -0.2) is 74.7 Å². The molecule has 1 aromatic rings. The summed E-state index contributed by atoms with van der Waals surface area (Å²) in [4.78, 5) is 16.1. The van der Waals surface area contributed by atoms with Gasteiger partial charge in [0.25, 0.3) is 0 Å². The van der Waals surface area contributed by atoms with E-state index in [0.717, 1.165) is 44.9 Å². The minimum Gasteiger partial charge on any atom is -0.456 e. The van der Waals surface area contributed by atoms with Gasteiger partial charge in [-0.1, -0.05) is 63.3 Å². The average molecular weight is 576 g/mol. The number of benzene rings is 1. The van der Waals surface area contributed by atoms with Crippen molar-refractivity contribution < 1.29 is 33.2 Å². The van der Waals surface area contributed by atoms with E-state index >= 15 is 0 Å². The van der Waals surface area contributed by atoms with Crippen LogP contribution in [0.15, 0.2) is 35.4 Å². The fourth-order valence-electron chi connectivity index (χ4n) is 5.30. The average Bonchev–Trinajstić information content (AvgIpc) is 2.98. The highest BCUT2D eigenvalue weighted by molar-refractivity contribution is 5.89. The molecular weight excluding hydrogens is 526 g/mol. The first kappa shape index (κ1) is 33.3. The van der Waals surface area contributed by atoms with E-state index in [1.165, 1.54) is 0 Å². The molecule has 8 atom stereocenters. The van der Waals surface area contributed by atoms with Crippen LogP contribution < -0.4 is 0 Å². The lowest BCUT2D eigenvalue weighted by Gasteiger charge is -2.47. The van der Waals surface area contributed by atoms with Crippen molar-refractivity contribution in [3.8, 4) is 0 Å². The maximum absolute atomic E-state index is 13.0. The second-order valence-electron chi connectivity index (χ2n) is 10.9. The summed E-state index contributed by atoms with van der Waals surface area (Å²) in [5.74, 6) is -0.440. The van der Waals surface area contributed by atoms with Crippen LogP contribution in [0.3, 0.4) is 0 Å². The number of hydrogen-bond donors (Lipinski definition) is 0. The predicted molar refractivity (Wildman–Crippen MR) is 156 cm³/mol. The van der Waals surface area contributed by atoms with Crippen molar-refractivity contribution in [2.24, 2.45) is 5.11 Å². The number of nitrogens with zero attached hydrogens (tertiary/aromatic N) is 3. The van der Waals surface area contributed by atoms with Crippen LogP contribution in [0.1, 0.15) is 95.8 Å². The van der Waals surface area contributed by atoms with E-state index in [4.69, 9.17) is 28.4 Å². The molecule has 10 nitrogen and oxygen atoms in total. The lowest BCUT2D eigenvalue weighted by Crippen LogP contribution is -2.62. The summed E-state index contributed by atoms with van der Waals surface area (Å²) in [6.45, 7) is 10.0. The van der Waals surface area contributed by atoms with Gasteiger partial charge in [-0.3, -0.25) is 0 Å². The third kappa shape index (κ3) is 9.94. The van der Waals surface area contributed by atoms with E-state index in [9.17, 15) is 10.3 Å². The quantitative estimate of drug-likeness (QED) is 0.0661. The number of carbonyl (C=O) groups is 1. The molecule has 0 bridgehead atoms. The van der Waals surface area contributed by atoms with Crippen LogP contribution in [-0.2, 0) is 28.4 Å². The Labute approximate surface area is 245 Å². The molecule has 1 aromatic carbocycles. The monoisotopic (exact) mass is 575 g/mol. The molecule has 1 saturated heterocycles. The van der Waals surface area contributed by atoms with Crippen molar-refractivity contribution in [3.05, 3.63) is 46.3 Å². The van der Waals surface area contributed by atoms with Crippen LogP contribution in [0, 0.1) is 0 Å². The number of unbranched alkanes of at least 4 members (excludes halogenated alkanes) is 3. The Hall–Kier alpha value is -2.20. The topological polar surface area (TPSA) is 121 Å². The first-order chi connectivity index (χ1) is 20.0. The van der Waals surface area contributed by atoms with Gasteiger partial charge in [0.1, 0.15) is 30.5 Å². The summed E-state index contributed by atoms with van der Waals surface area (Å²) >= 11 is 0. The van der Waals surface area contributed by atoms with Crippen LogP contribution >= 0.6 is 0 Å². The number of esters is 1. The van der Waals surface area contributed by atoms with Gasteiger partial charge in [-0.2, -0.15) is 0 Å². The zero-order valence-electron chi connectivity index (χ0n) is 25.2. The molecule has 3 rings (SSSR count). The molecule has 10 heteroatoms. The molecule has 2 fully saturated rings. The van der Waals surface area contributed by atoms with Crippen molar-refractivity contribution in [1.29, 1.82) is 0 Å². The second-order valence-corrected chi connectivity index (χ2v) is 10.9. The number of hydrogen-bond acceptors (Lipinski definition) is 8. The number of azide groups is 1. The molecule has 1 aliphatic heterocycles. The smallest absolute Gasteiger partial charge is 0.338 e. The van der Waals surface area contributed by atoms with Gasteiger partial charge in [0.05, 0.1) is 17.7 Å². The molecule has 0 spiro atoms. The second kappa shape index (κ2) is 18.4. The lowest BCUT2D eigenvalue weighted by atomic mass is 9.89. The van der Waals surface area contributed by atoms with E-state index < -0.39 is 42.7 Å². The molecular formula is C31H49N3O7. The molecule has 6 unspecified atom stereocenters. The largest absolute Gasteiger partial charge is 0.456 e. The summed E-state index contributed by atoms with van der Waals surface area (Å²) in [5, 5.41) is 4.04. The number of ether oxygens (including phenoxy) is 6. The maximum Gasteiger partial charge on any atom is 0.338 e. The Morgan fingerprint density at radius 1 is 0.902 bits per heavy atom. The zero-order valence-corrected chi connectivity index (χ0v) is 25.2. The zero-order chi connectivity index (χ0) is 29.5. The van der Waals surface area contributed by atoms with Gasteiger partial charge in [0, 0.05) is 24.7 Å². The molecule has 1 aliphatic carbocycles. The van der Waals surface area contributed by atoms with Gasteiger partial charge >= 0.3 is 5.97 Å². The van der Waals surface area contributed by atoms with Crippen molar-refractivity contribution >= 4 is 5.97 Å². The highest BCUT2D eigenvalue weighted by Crippen LogP contribution is 2.34. The summed E-state index contributed by atoms with van der Waals surface area (Å²) < 4.78 is 38.2. The molecule has 230 valence electrons. The van der Waals surface area contributed by atoms with E-state index in [2.05, 4.69) is 30.8 Å². The van der Waals surface area contributed by atoms with Crippen LogP contribution in [0.25, 0.3) is 10.4 Å². The molecule has 0 aromatic heterocycles. The van der Waals surface area contributed by atoms with Gasteiger partial charge in [-0.25, -0.2) is 4.79 Å². The Bertz CT molecular complexity index is 930. The van der Waals surface area contributed by atoms with E-state index in [0.29, 0.717) is 38.2 Å². The summed E-state index contributed by atoms with van der Waals surface area (Å²) in [6, 6.07) is 8.34. The number of carbonyl (C=O) groups excluding carboxylic acids is 1. The SMILES string of the molecule is CCCCOC1C(C)O[C@@H](OC2C(N=[N+]=[N-])CCC[C@H]2OC(=O)c2ccccc2)C(OCCCC)C1OCCCC. The highest BCUT2D eigenvalue weighted by atomic mass is 16.7. The Kier molecular flexibility index (Phi) is 14.9. The van der Waals surface area contributed by atoms with Gasteiger partial charge in [0.2, 0.25) is 0 Å². The van der Waals surface area contributed by atoms with Gasteiger partial charge in [-0.05, 0) is 63.1 Å². The lowest BCUT2D eigenvalue weighted by molar-refractivity contribution is -0.331. The fraction of sp³-hybridized carbons (Fsp3) is 0.774. The first-order valence-corrected chi connectivity index (χ1v) is 15.5. The van der Waals surface area contributed by atoms with Crippen molar-refractivity contribution in [3.63, 3.8) is 0 Å². The third-order valence-electron chi connectivity index (χ3n) is 7.65. The normalized spacial score (nSPS) is 30.0. The molecule has 0 amide bonds. The Morgan fingerprint density at radius 2 is 1.51 bits per heavy atom. The number of rotatable bonds is 17. The Balaban J connectivity index is 1.87. The minimum absolute atomic E-state index is 0.323. The van der Waals surface area contributed by atoms with E-state index in [1.54, 1.807) is 24.3 Å². The van der Waals surface area contributed by atoms with Gasteiger partial charge in [0.15, 0.2) is 6.29 Å². The molecule has 41 heavy (non-hydrogen) atoms. The maximum atomic E-state index is 13.0. The van der Waals surface area contributed by atoms with Crippen molar-refractivity contribution in [2.75, 3.05) is 19.8 Å². The van der Waals surface area contributed by atoms with Crippen molar-refractivity contribution in [1.82, 2.24) is 0 Å². The van der Waals surface area contributed by atoms with E-state index in [-0.39, 0.29) is 12.2 Å². The summed E-state index contributed by atoms with van der Waals surface area (Å²) in [6.07, 6.45) is 3.93. The summed E-state index contributed by atoms with van der Waals surface area (Å²) in [7, 11) is 0. The van der Waals surface area contributed by atoms with Crippen LogP contribution in [0.2, 0.25) is 0 Å². The molecule has 2 aliphatic rings. The van der Waals surface area contributed by atoms with Crippen LogP contribution in [0.4, 0.5) is 0 Å². The predicted octanol–water partition coefficient (Wildman–Crippen LogP) is 6.76. The van der Waals surface area contributed by atoms with E-state index in [1.807, 2.05) is 13.0 Å². The van der Waals surface area contributed by atoms with Gasteiger partial charge in [-0.15, -0.1) is 0 Å². The third-order valence-corrected chi connectivity index (χ3v) is 7.65. The standard InChI is InChI=1S/C31H49N3O7/c1-5-8-19-36-26-22(4)39-31(29(38-21-10-7-3)28(26)37-20-9-6-2)41-27-24(33-34-32)17-14-18-25(27)40-30(35)23-15-12-11-13-16-23/h11-13,15-16,22,24-29,31H,5-10,14,17-21H2,1-4H3/t22?,24?,25-,26?,27?,28?,29?,31+/m1/s1. The minimum atomic E-state index is -0.822. The van der Waals surface area contributed by atoms with Gasteiger partial charge < -0.3 is 28.4 Å². The molecule has 1 saturated carbocycles. The first-order valence-electron chi connectivity index (χ1n) is 15.5. The molecule has 0 radical (unpaired) electrons.